The first-order valence-electron chi connectivity index (χ1n) is 10.5. The van der Waals surface area contributed by atoms with Crippen LogP contribution in [0, 0.1) is 19.8 Å². The highest BCUT2D eigenvalue weighted by Gasteiger charge is 2.26. The Balaban J connectivity index is 1.82. The van der Waals surface area contributed by atoms with Crippen molar-refractivity contribution in [3.63, 3.8) is 0 Å². The second-order valence-electron chi connectivity index (χ2n) is 8.38. The molecule has 0 saturated heterocycles. The minimum atomic E-state index is -0.434. The zero-order chi connectivity index (χ0) is 21.7. The predicted molar refractivity (Wildman–Crippen MR) is 121 cm³/mol. The van der Waals surface area contributed by atoms with Crippen molar-refractivity contribution in [2.45, 2.75) is 33.2 Å². The van der Waals surface area contributed by atoms with Gasteiger partial charge < -0.3 is 24.9 Å². The fourth-order valence-corrected chi connectivity index (χ4v) is 4.47. The standard InChI is InChI=1S/C24H26N4O3/c1-13-22(14(2)31-27-13)16-8-19-18-7-6-17(26-12-30-3)10-21(18)28(11-15-4-5-15)23(19)20(9-16)24(25)29/h6-10,15,26H,4-5,11-12H2,1-3H3,(H2,25,29). The summed E-state index contributed by atoms with van der Waals surface area (Å²) in [7, 11) is 1.66. The molecule has 2 aromatic carbocycles. The molecule has 1 aliphatic rings. The lowest BCUT2D eigenvalue weighted by Crippen LogP contribution is -2.14. The van der Waals surface area contributed by atoms with Crippen molar-refractivity contribution in [2.75, 3.05) is 19.2 Å². The van der Waals surface area contributed by atoms with Crippen molar-refractivity contribution in [3.05, 3.63) is 47.3 Å². The number of primary amides is 1. The summed E-state index contributed by atoms with van der Waals surface area (Å²) in [6.07, 6.45) is 2.43. The first-order valence-corrected chi connectivity index (χ1v) is 10.5. The number of benzene rings is 2. The number of aromatic nitrogens is 2. The van der Waals surface area contributed by atoms with Crippen LogP contribution in [-0.2, 0) is 11.3 Å². The molecule has 0 aliphatic heterocycles. The Morgan fingerprint density at radius 3 is 2.71 bits per heavy atom. The third-order valence-electron chi connectivity index (χ3n) is 6.10. The van der Waals surface area contributed by atoms with E-state index in [1.807, 2.05) is 26.0 Å². The Hall–Kier alpha value is -3.32. The lowest BCUT2D eigenvalue weighted by atomic mass is 9.97. The summed E-state index contributed by atoms with van der Waals surface area (Å²) in [6.45, 7) is 5.09. The van der Waals surface area contributed by atoms with E-state index in [1.165, 1.54) is 12.8 Å². The van der Waals surface area contributed by atoms with Gasteiger partial charge in [0, 0.05) is 35.7 Å². The van der Waals surface area contributed by atoms with E-state index in [0.29, 0.717) is 18.2 Å². The summed E-state index contributed by atoms with van der Waals surface area (Å²) in [5, 5.41) is 9.46. The maximum Gasteiger partial charge on any atom is 0.250 e. The Labute approximate surface area is 180 Å². The number of carbonyl (C=O) groups is 1. The van der Waals surface area contributed by atoms with Crippen LogP contribution in [0.15, 0.2) is 34.9 Å². The molecule has 31 heavy (non-hydrogen) atoms. The number of ether oxygens (including phenoxy) is 1. The number of fused-ring (bicyclic) bond motifs is 3. The number of nitrogens with zero attached hydrogens (tertiary/aromatic N) is 2. The third-order valence-corrected chi connectivity index (χ3v) is 6.10. The van der Waals surface area contributed by atoms with Gasteiger partial charge in [0.05, 0.1) is 22.3 Å². The van der Waals surface area contributed by atoms with Crippen LogP contribution in [0.1, 0.15) is 34.7 Å². The molecule has 2 heterocycles. The second-order valence-corrected chi connectivity index (χ2v) is 8.38. The fraction of sp³-hybridized carbons (Fsp3) is 0.333. The second kappa shape index (κ2) is 7.42. The van der Waals surface area contributed by atoms with Gasteiger partial charge in [-0.1, -0.05) is 11.2 Å². The summed E-state index contributed by atoms with van der Waals surface area (Å²) in [5.74, 6) is 0.925. The lowest BCUT2D eigenvalue weighted by molar-refractivity contribution is 0.100. The van der Waals surface area contributed by atoms with E-state index in [2.05, 4.69) is 33.2 Å². The molecule has 0 atom stereocenters. The van der Waals surface area contributed by atoms with Crippen molar-refractivity contribution in [1.82, 2.24) is 9.72 Å². The molecule has 0 bridgehead atoms. The van der Waals surface area contributed by atoms with Crippen LogP contribution >= 0.6 is 0 Å². The van der Waals surface area contributed by atoms with Crippen LogP contribution in [0.3, 0.4) is 0 Å². The smallest absolute Gasteiger partial charge is 0.250 e. The average molecular weight is 418 g/mol. The van der Waals surface area contributed by atoms with Crippen LogP contribution < -0.4 is 11.1 Å². The summed E-state index contributed by atoms with van der Waals surface area (Å²) < 4.78 is 12.8. The number of aryl methyl sites for hydroxylation is 2. The molecule has 2 aromatic heterocycles. The van der Waals surface area contributed by atoms with Crippen molar-refractivity contribution >= 4 is 33.4 Å². The van der Waals surface area contributed by atoms with E-state index in [-0.39, 0.29) is 0 Å². The minimum Gasteiger partial charge on any atom is -0.366 e. The van der Waals surface area contributed by atoms with Crippen LogP contribution in [0.2, 0.25) is 0 Å². The Morgan fingerprint density at radius 2 is 2.06 bits per heavy atom. The monoisotopic (exact) mass is 418 g/mol. The van der Waals surface area contributed by atoms with Crippen molar-refractivity contribution in [1.29, 1.82) is 0 Å². The molecule has 3 N–H and O–H groups in total. The van der Waals surface area contributed by atoms with E-state index in [0.717, 1.165) is 56.6 Å². The maximum absolute atomic E-state index is 12.6. The number of anilines is 1. The highest BCUT2D eigenvalue weighted by molar-refractivity contribution is 6.17. The van der Waals surface area contributed by atoms with Gasteiger partial charge in [-0.15, -0.1) is 0 Å². The molecule has 5 rings (SSSR count). The van der Waals surface area contributed by atoms with Gasteiger partial charge in [-0.05, 0) is 62.4 Å². The molecule has 1 amide bonds. The Bertz CT molecular complexity index is 1290. The number of hydrogen-bond acceptors (Lipinski definition) is 5. The van der Waals surface area contributed by atoms with E-state index in [1.54, 1.807) is 7.11 Å². The molecule has 160 valence electrons. The zero-order valence-corrected chi connectivity index (χ0v) is 18.0. The van der Waals surface area contributed by atoms with Gasteiger partial charge in [-0.3, -0.25) is 4.79 Å². The van der Waals surface area contributed by atoms with Crippen LogP contribution in [0.4, 0.5) is 5.69 Å². The van der Waals surface area contributed by atoms with Gasteiger partial charge in [-0.2, -0.15) is 0 Å². The van der Waals surface area contributed by atoms with Gasteiger partial charge in [0.2, 0.25) is 0 Å². The third kappa shape index (κ3) is 3.35. The predicted octanol–water partition coefficient (Wildman–Crippen LogP) is 4.59. The summed E-state index contributed by atoms with van der Waals surface area (Å²) in [6, 6.07) is 10.3. The van der Waals surface area contributed by atoms with E-state index >= 15 is 0 Å². The van der Waals surface area contributed by atoms with Crippen molar-refractivity contribution in [2.24, 2.45) is 11.7 Å². The SMILES string of the molecule is COCNc1ccc2c3cc(-c4c(C)noc4C)cc(C(N)=O)c3n(CC3CC3)c2c1. The zero-order valence-electron chi connectivity index (χ0n) is 18.0. The lowest BCUT2D eigenvalue weighted by Gasteiger charge is -2.11. The summed E-state index contributed by atoms with van der Waals surface area (Å²) in [5.41, 5.74) is 12.0. The molecule has 7 nitrogen and oxygen atoms in total. The van der Waals surface area contributed by atoms with Gasteiger partial charge in [0.15, 0.2) is 0 Å². The maximum atomic E-state index is 12.6. The molecule has 1 aliphatic carbocycles. The fourth-order valence-electron chi connectivity index (χ4n) is 4.47. The minimum absolute atomic E-state index is 0.428. The van der Waals surface area contributed by atoms with Crippen LogP contribution in [-0.4, -0.2) is 29.5 Å². The first-order chi connectivity index (χ1) is 15.0. The molecule has 0 spiro atoms. The first kappa shape index (κ1) is 19.6. The number of methoxy groups -OCH3 is 1. The molecule has 7 heteroatoms. The Kier molecular flexibility index (Phi) is 4.70. The van der Waals surface area contributed by atoms with Gasteiger partial charge in [0.25, 0.3) is 5.91 Å². The Morgan fingerprint density at radius 1 is 1.26 bits per heavy atom. The molecule has 1 fully saturated rings. The van der Waals surface area contributed by atoms with Crippen LogP contribution in [0.25, 0.3) is 32.9 Å². The highest BCUT2D eigenvalue weighted by Crippen LogP contribution is 2.40. The highest BCUT2D eigenvalue weighted by atomic mass is 16.5. The molecule has 0 unspecified atom stereocenters. The van der Waals surface area contributed by atoms with Gasteiger partial charge >= 0.3 is 0 Å². The van der Waals surface area contributed by atoms with E-state index < -0.39 is 5.91 Å². The molecule has 1 saturated carbocycles. The van der Waals surface area contributed by atoms with Crippen molar-refractivity contribution < 1.29 is 14.1 Å². The van der Waals surface area contributed by atoms with E-state index in [9.17, 15) is 4.79 Å². The van der Waals surface area contributed by atoms with Gasteiger partial charge in [-0.25, -0.2) is 0 Å². The molecular weight excluding hydrogens is 392 g/mol. The topological polar surface area (TPSA) is 95.3 Å². The normalized spacial score (nSPS) is 13.9. The number of hydrogen-bond donors (Lipinski definition) is 2. The summed E-state index contributed by atoms with van der Waals surface area (Å²) in [4.78, 5) is 12.6. The van der Waals surface area contributed by atoms with Crippen LogP contribution in [0.5, 0.6) is 0 Å². The number of nitrogens with one attached hydrogen (secondary N) is 1. The number of carbonyl (C=O) groups excluding carboxylic acids is 1. The quantitative estimate of drug-likeness (QED) is 0.428. The average Bonchev–Trinajstić information content (AvgIpc) is 3.45. The molecular formula is C24H26N4O3. The summed E-state index contributed by atoms with van der Waals surface area (Å²) >= 11 is 0. The number of nitrogens with two attached hydrogens (primary N) is 1. The van der Waals surface area contributed by atoms with Crippen molar-refractivity contribution in [3.8, 4) is 11.1 Å². The van der Waals surface area contributed by atoms with Gasteiger partial charge in [0.1, 0.15) is 12.5 Å². The van der Waals surface area contributed by atoms with E-state index in [4.69, 9.17) is 15.0 Å². The number of rotatable bonds is 7. The number of amides is 1. The molecule has 0 radical (unpaired) electrons. The molecule has 4 aromatic rings. The largest absolute Gasteiger partial charge is 0.366 e.